The fourth-order valence-corrected chi connectivity index (χ4v) is 3.07. The molecular weight excluding hydrogens is 523 g/mol. The van der Waals surface area contributed by atoms with E-state index in [1.165, 1.54) is 0 Å². The molecule has 9 nitrogen and oxygen atoms in total. The van der Waals surface area contributed by atoms with Gasteiger partial charge in [0.05, 0.1) is 20.3 Å². The normalized spacial score (nSPS) is 13.0. The van der Waals surface area contributed by atoms with Crippen molar-refractivity contribution in [2.24, 2.45) is 4.99 Å². The van der Waals surface area contributed by atoms with Gasteiger partial charge in [0.1, 0.15) is 18.1 Å². The number of hydrogen-bond donors (Lipinski definition) is 3. The Bertz CT molecular complexity index is 1040. The Labute approximate surface area is 204 Å². The summed E-state index contributed by atoms with van der Waals surface area (Å²) in [4.78, 5) is 9.15. The van der Waals surface area contributed by atoms with E-state index in [0.29, 0.717) is 37.4 Å². The molecule has 2 heterocycles. The number of aliphatic imine (C=N–C) groups is 1. The molecule has 0 saturated carbocycles. The van der Waals surface area contributed by atoms with Crippen molar-refractivity contribution in [1.82, 2.24) is 20.5 Å². The average molecular weight is 550 g/mol. The maximum atomic E-state index is 5.76. The Hall–Kier alpha value is -3.02. The summed E-state index contributed by atoms with van der Waals surface area (Å²) in [5, 5.41) is 13.8. The number of nitrogens with one attached hydrogen (secondary N) is 3. The van der Waals surface area contributed by atoms with E-state index in [2.05, 4.69) is 30.8 Å². The van der Waals surface area contributed by atoms with Crippen LogP contribution >= 0.6 is 24.0 Å². The summed E-state index contributed by atoms with van der Waals surface area (Å²) < 4.78 is 16.6. The van der Waals surface area contributed by atoms with Crippen molar-refractivity contribution < 1.29 is 14.2 Å². The third-order valence-corrected chi connectivity index (χ3v) is 4.62. The molecule has 0 radical (unpaired) electrons. The summed E-state index contributed by atoms with van der Waals surface area (Å²) >= 11 is 0. The number of fused-ring (bicyclic) bond motifs is 1. The summed E-state index contributed by atoms with van der Waals surface area (Å²) in [6.45, 7) is 4.40. The van der Waals surface area contributed by atoms with Gasteiger partial charge in [-0.1, -0.05) is 0 Å². The second kappa shape index (κ2) is 11.6. The molecule has 3 N–H and O–H groups in total. The number of guanidine groups is 1. The maximum Gasteiger partial charge on any atom is 0.196 e. The SMILES string of the molecule is CCNC(=NCc1nc(-c2ccc(OC)cc2)n[nH]1)Nc1ccc2c(c1)OCCCO2.I. The number of nitrogens with zero attached hydrogens (tertiary/aromatic N) is 3. The fraction of sp³-hybridized carbons (Fsp3) is 0.318. The zero-order valence-electron chi connectivity index (χ0n) is 18.1. The lowest BCUT2D eigenvalue weighted by Gasteiger charge is -2.13. The van der Waals surface area contributed by atoms with Crippen molar-refractivity contribution in [2.45, 2.75) is 19.9 Å². The number of halogens is 1. The van der Waals surface area contributed by atoms with Crippen LogP contribution in [-0.4, -0.2) is 48.0 Å². The standard InChI is InChI=1S/C22H26N6O3.HI/c1-3-23-22(25-16-7-10-18-19(13-16)31-12-4-11-30-18)24-14-20-26-21(28-27-20)15-5-8-17(29-2)9-6-15;/h5-10,13H,3-4,11-12,14H2,1-2H3,(H2,23,24,25)(H,26,27,28);1H. The lowest BCUT2D eigenvalue weighted by atomic mass is 10.2. The minimum absolute atomic E-state index is 0. The van der Waals surface area contributed by atoms with E-state index in [-0.39, 0.29) is 24.0 Å². The summed E-state index contributed by atoms with van der Waals surface area (Å²) in [7, 11) is 1.64. The van der Waals surface area contributed by atoms with Gasteiger partial charge in [-0.2, -0.15) is 5.10 Å². The first-order valence-electron chi connectivity index (χ1n) is 10.3. The molecule has 0 bridgehead atoms. The number of benzene rings is 2. The molecule has 170 valence electrons. The molecule has 0 aliphatic carbocycles. The third-order valence-electron chi connectivity index (χ3n) is 4.62. The molecule has 1 aliphatic rings. The van der Waals surface area contributed by atoms with Gasteiger partial charge in [-0.05, 0) is 43.3 Å². The highest BCUT2D eigenvalue weighted by Gasteiger charge is 2.12. The fourth-order valence-electron chi connectivity index (χ4n) is 3.07. The van der Waals surface area contributed by atoms with E-state index in [9.17, 15) is 0 Å². The summed E-state index contributed by atoms with van der Waals surface area (Å²) in [6.07, 6.45) is 0.872. The molecule has 0 spiro atoms. The van der Waals surface area contributed by atoms with Gasteiger partial charge in [-0.3, -0.25) is 5.10 Å². The molecule has 0 fully saturated rings. The number of aromatic amines is 1. The van der Waals surface area contributed by atoms with Crippen LogP contribution < -0.4 is 24.8 Å². The molecule has 2 aromatic carbocycles. The van der Waals surface area contributed by atoms with Gasteiger partial charge in [-0.25, -0.2) is 9.98 Å². The van der Waals surface area contributed by atoms with Crippen LogP contribution in [0.1, 0.15) is 19.2 Å². The molecule has 0 amide bonds. The van der Waals surface area contributed by atoms with Gasteiger partial charge >= 0.3 is 0 Å². The van der Waals surface area contributed by atoms with Crippen molar-refractivity contribution in [1.29, 1.82) is 0 Å². The van der Waals surface area contributed by atoms with Crippen LogP contribution in [0, 0.1) is 0 Å². The Morgan fingerprint density at radius 1 is 1.12 bits per heavy atom. The van der Waals surface area contributed by atoms with E-state index in [0.717, 1.165) is 41.5 Å². The van der Waals surface area contributed by atoms with Crippen molar-refractivity contribution in [3.05, 3.63) is 48.3 Å². The first-order valence-corrected chi connectivity index (χ1v) is 10.3. The molecule has 4 rings (SSSR count). The highest BCUT2D eigenvalue weighted by Crippen LogP contribution is 2.32. The molecule has 0 saturated heterocycles. The van der Waals surface area contributed by atoms with Gasteiger partial charge in [0.25, 0.3) is 0 Å². The summed E-state index contributed by atoms with van der Waals surface area (Å²) in [6, 6.07) is 13.4. The molecule has 0 unspecified atom stereocenters. The zero-order chi connectivity index (χ0) is 21.5. The van der Waals surface area contributed by atoms with E-state index in [1.54, 1.807) is 7.11 Å². The number of hydrogen-bond acceptors (Lipinski definition) is 6. The number of aromatic nitrogens is 3. The highest BCUT2D eigenvalue weighted by atomic mass is 127. The maximum absolute atomic E-state index is 5.76. The second-order valence-corrected chi connectivity index (χ2v) is 6.87. The van der Waals surface area contributed by atoms with Gasteiger partial charge in [0.2, 0.25) is 0 Å². The predicted octanol–water partition coefficient (Wildman–Crippen LogP) is 3.84. The molecule has 32 heavy (non-hydrogen) atoms. The third kappa shape index (κ3) is 6.02. The summed E-state index contributed by atoms with van der Waals surface area (Å²) in [5.41, 5.74) is 1.77. The highest BCUT2D eigenvalue weighted by molar-refractivity contribution is 14.0. The first kappa shape index (κ1) is 23.6. The lowest BCUT2D eigenvalue weighted by molar-refractivity contribution is 0.297. The number of methoxy groups -OCH3 is 1. The van der Waals surface area contributed by atoms with Crippen LogP contribution in [0.3, 0.4) is 0 Å². The van der Waals surface area contributed by atoms with Crippen molar-refractivity contribution in [3.63, 3.8) is 0 Å². The van der Waals surface area contributed by atoms with Crippen LogP contribution in [-0.2, 0) is 6.54 Å². The van der Waals surface area contributed by atoms with E-state index in [1.807, 2.05) is 49.4 Å². The Kier molecular flexibility index (Phi) is 8.54. The first-order chi connectivity index (χ1) is 15.2. The summed E-state index contributed by atoms with van der Waals surface area (Å²) in [5.74, 6) is 4.21. The number of anilines is 1. The number of rotatable bonds is 6. The van der Waals surface area contributed by atoms with Gasteiger partial charge in [-0.15, -0.1) is 24.0 Å². The number of H-pyrrole nitrogens is 1. The largest absolute Gasteiger partial charge is 0.497 e. The molecular formula is C22H27IN6O3. The van der Waals surface area contributed by atoms with Crippen LogP contribution in [0.2, 0.25) is 0 Å². The van der Waals surface area contributed by atoms with E-state index in [4.69, 9.17) is 14.2 Å². The molecule has 1 aromatic heterocycles. The Balaban J connectivity index is 0.00000289. The second-order valence-electron chi connectivity index (χ2n) is 6.87. The molecule has 1 aliphatic heterocycles. The van der Waals surface area contributed by atoms with Crippen LogP contribution in [0.5, 0.6) is 17.2 Å². The average Bonchev–Trinajstić information content (AvgIpc) is 3.15. The van der Waals surface area contributed by atoms with Crippen molar-refractivity contribution >= 4 is 35.6 Å². The number of ether oxygens (including phenoxy) is 3. The van der Waals surface area contributed by atoms with Crippen LogP contribution in [0.4, 0.5) is 5.69 Å². The van der Waals surface area contributed by atoms with Gasteiger partial charge in [0.15, 0.2) is 23.3 Å². The van der Waals surface area contributed by atoms with Crippen molar-refractivity contribution in [2.75, 3.05) is 32.2 Å². The quantitative estimate of drug-likeness (QED) is 0.243. The van der Waals surface area contributed by atoms with E-state index >= 15 is 0 Å². The van der Waals surface area contributed by atoms with Crippen LogP contribution in [0.15, 0.2) is 47.5 Å². The smallest absolute Gasteiger partial charge is 0.196 e. The van der Waals surface area contributed by atoms with E-state index < -0.39 is 0 Å². The Morgan fingerprint density at radius 3 is 2.66 bits per heavy atom. The van der Waals surface area contributed by atoms with Gasteiger partial charge in [0, 0.05) is 30.3 Å². The topological polar surface area (TPSA) is 106 Å². The minimum Gasteiger partial charge on any atom is -0.497 e. The minimum atomic E-state index is 0. The lowest BCUT2D eigenvalue weighted by Crippen LogP contribution is -2.30. The van der Waals surface area contributed by atoms with Crippen LogP contribution in [0.25, 0.3) is 11.4 Å². The zero-order valence-corrected chi connectivity index (χ0v) is 20.4. The molecule has 10 heteroatoms. The Morgan fingerprint density at radius 2 is 1.91 bits per heavy atom. The predicted molar refractivity (Wildman–Crippen MR) is 134 cm³/mol. The van der Waals surface area contributed by atoms with Crippen molar-refractivity contribution in [3.8, 4) is 28.6 Å². The monoisotopic (exact) mass is 550 g/mol. The van der Waals surface area contributed by atoms with Gasteiger partial charge < -0.3 is 24.8 Å². The molecule has 0 atom stereocenters. The molecule has 3 aromatic rings.